The highest BCUT2D eigenvalue weighted by atomic mass is 16.2. The molecule has 146 valence electrons. The van der Waals surface area contributed by atoms with E-state index in [-0.39, 0.29) is 43.1 Å². The summed E-state index contributed by atoms with van der Waals surface area (Å²) < 4.78 is 0. The van der Waals surface area contributed by atoms with Gasteiger partial charge in [0.25, 0.3) is 5.91 Å². The van der Waals surface area contributed by atoms with Crippen LogP contribution in [-0.2, 0) is 16.1 Å². The SMILES string of the molecule is CN(C)C[C@@H](NC(=O)c1ccc(CN2C(=O)CCC2=O)cc1)c1ccccc1. The topological polar surface area (TPSA) is 69.7 Å². The van der Waals surface area contributed by atoms with Gasteiger partial charge in [-0.25, -0.2) is 0 Å². The molecule has 1 aliphatic rings. The predicted molar refractivity (Wildman–Crippen MR) is 106 cm³/mol. The van der Waals surface area contributed by atoms with Crippen LogP contribution in [0.25, 0.3) is 0 Å². The van der Waals surface area contributed by atoms with E-state index < -0.39 is 0 Å². The first-order valence-corrected chi connectivity index (χ1v) is 9.36. The molecule has 1 fully saturated rings. The van der Waals surface area contributed by atoms with Crippen LogP contribution in [-0.4, -0.2) is 48.2 Å². The highest BCUT2D eigenvalue weighted by Gasteiger charge is 2.28. The van der Waals surface area contributed by atoms with Crippen molar-refractivity contribution in [1.82, 2.24) is 15.1 Å². The maximum Gasteiger partial charge on any atom is 0.251 e. The van der Waals surface area contributed by atoms with E-state index in [1.54, 1.807) is 24.3 Å². The number of hydrogen-bond acceptors (Lipinski definition) is 4. The average molecular weight is 379 g/mol. The lowest BCUT2D eigenvalue weighted by Crippen LogP contribution is -2.35. The highest BCUT2D eigenvalue weighted by Crippen LogP contribution is 2.17. The van der Waals surface area contributed by atoms with Gasteiger partial charge in [-0.15, -0.1) is 0 Å². The second-order valence-electron chi connectivity index (χ2n) is 7.27. The van der Waals surface area contributed by atoms with Gasteiger partial charge in [0, 0.05) is 24.9 Å². The summed E-state index contributed by atoms with van der Waals surface area (Å²) in [5.74, 6) is -0.432. The molecule has 3 rings (SSSR count). The lowest BCUT2D eigenvalue weighted by atomic mass is 10.1. The molecule has 6 heteroatoms. The molecule has 1 heterocycles. The van der Waals surface area contributed by atoms with Gasteiger partial charge in [0.05, 0.1) is 12.6 Å². The zero-order valence-corrected chi connectivity index (χ0v) is 16.2. The number of carbonyl (C=O) groups is 3. The van der Waals surface area contributed by atoms with Gasteiger partial charge < -0.3 is 10.2 Å². The van der Waals surface area contributed by atoms with Crippen molar-refractivity contribution in [3.63, 3.8) is 0 Å². The average Bonchev–Trinajstić information content (AvgIpc) is 3.00. The molecule has 0 spiro atoms. The van der Waals surface area contributed by atoms with Crippen molar-refractivity contribution in [2.24, 2.45) is 0 Å². The van der Waals surface area contributed by atoms with Crippen LogP contribution in [0, 0.1) is 0 Å². The van der Waals surface area contributed by atoms with Gasteiger partial charge in [0.2, 0.25) is 11.8 Å². The number of imide groups is 1. The van der Waals surface area contributed by atoms with Gasteiger partial charge >= 0.3 is 0 Å². The fraction of sp³-hybridized carbons (Fsp3) is 0.318. The fourth-order valence-corrected chi connectivity index (χ4v) is 3.27. The maximum absolute atomic E-state index is 12.7. The third-order valence-electron chi connectivity index (χ3n) is 4.77. The molecule has 3 amide bonds. The number of benzene rings is 2. The van der Waals surface area contributed by atoms with Gasteiger partial charge in [-0.05, 0) is 37.4 Å². The van der Waals surface area contributed by atoms with Crippen molar-refractivity contribution in [3.05, 3.63) is 71.3 Å². The first-order valence-electron chi connectivity index (χ1n) is 9.36. The smallest absolute Gasteiger partial charge is 0.251 e. The standard InChI is InChI=1S/C22H25N3O3/c1-24(2)15-19(17-6-4-3-5-7-17)23-22(28)18-10-8-16(9-11-18)14-25-20(26)12-13-21(25)27/h3-11,19H,12-15H2,1-2H3,(H,23,28)/t19-/m1/s1. The van der Waals surface area contributed by atoms with Crippen molar-refractivity contribution >= 4 is 17.7 Å². The van der Waals surface area contributed by atoms with Crippen LogP contribution in [0.4, 0.5) is 0 Å². The third kappa shape index (κ3) is 4.84. The van der Waals surface area contributed by atoms with E-state index in [0.717, 1.165) is 11.1 Å². The van der Waals surface area contributed by atoms with Crippen LogP contribution >= 0.6 is 0 Å². The monoisotopic (exact) mass is 379 g/mol. The predicted octanol–water partition coefficient (Wildman–Crippen LogP) is 2.37. The van der Waals surface area contributed by atoms with Crippen LogP contribution in [0.5, 0.6) is 0 Å². The minimum Gasteiger partial charge on any atom is -0.344 e. The first kappa shape index (κ1) is 19.8. The summed E-state index contributed by atoms with van der Waals surface area (Å²) in [4.78, 5) is 39.5. The molecule has 1 N–H and O–H groups in total. The van der Waals surface area contributed by atoms with E-state index in [2.05, 4.69) is 5.32 Å². The Kier molecular flexibility index (Phi) is 6.21. The van der Waals surface area contributed by atoms with Crippen molar-refractivity contribution < 1.29 is 14.4 Å². The molecule has 1 atom stereocenters. The van der Waals surface area contributed by atoms with Gasteiger partial charge in [0.15, 0.2) is 0 Å². The lowest BCUT2D eigenvalue weighted by molar-refractivity contribution is -0.139. The molecule has 0 bridgehead atoms. The summed E-state index contributed by atoms with van der Waals surface area (Å²) >= 11 is 0. The number of amides is 3. The molecule has 2 aromatic carbocycles. The molecule has 1 aliphatic heterocycles. The number of nitrogens with zero attached hydrogens (tertiary/aromatic N) is 2. The Labute approximate surface area is 165 Å². The van der Waals surface area contributed by atoms with Gasteiger partial charge in [-0.2, -0.15) is 0 Å². The van der Waals surface area contributed by atoms with Crippen molar-refractivity contribution in [2.45, 2.75) is 25.4 Å². The van der Waals surface area contributed by atoms with Crippen LogP contribution in [0.2, 0.25) is 0 Å². The molecular formula is C22H25N3O3. The zero-order chi connectivity index (χ0) is 20.1. The number of hydrogen-bond donors (Lipinski definition) is 1. The van der Waals surface area contributed by atoms with E-state index in [9.17, 15) is 14.4 Å². The number of carbonyl (C=O) groups excluding carboxylic acids is 3. The van der Waals surface area contributed by atoms with Gasteiger partial charge in [-0.1, -0.05) is 42.5 Å². The third-order valence-corrected chi connectivity index (χ3v) is 4.77. The fourth-order valence-electron chi connectivity index (χ4n) is 3.27. The molecule has 0 aliphatic carbocycles. The minimum absolute atomic E-state index is 0.122. The Hall–Kier alpha value is -2.99. The zero-order valence-electron chi connectivity index (χ0n) is 16.2. The number of rotatable bonds is 7. The van der Waals surface area contributed by atoms with Crippen molar-refractivity contribution in [3.8, 4) is 0 Å². The largest absolute Gasteiger partial charge is 0.344 e. The first-order chi connectivity index (χ1) is 13.4. The normalized spacial score (nSPS) is 15.2. The second kappa shape index (κ2) is 8.80. The summed E-state index contributed by atoms with van der Waals surface area (Å²) in [6.45, 7) is 0.944. The maximum atomic E-state index is 12.7. The Balaban J connectivity index is 1.67. The molecule has 0 aromatic heterocycles. The molecular weight excluding hydrogens is 354 g/mol. The molecule has 6 nitrogen and oxygen atoms in total. The Morgan fingerprint density at radius 3 is 2.18 bits per heavy atom. The molecule has 0 saturated carbocycles. The van der Waals surface area contributed by atoms with Gasteiger partial charge in [-0.3, -0.25) is 19.3 Å². The van der Waals surface area contributed by atoms with Crippen LogP contribution in [0.1, 0.15) is 40.4 Å². The number of likely N-dealkylation sites (N-methyl/N-ethyl adjacent to an activating group) is 1. The number of likely N-dealkylation sites (tertiary alicyclic amines) is 1. The quantitative estimate of drug-likeness (QED) is 0.750. The van der Waals surface area contributed by atoms with Crippen LogP contribution < -0.4 is 5.32 Å². The van der Waals surface area contributed by atoms with Crippen molar-refractivity contribution in [1.29, 1.82) is 0 Å². The second-order valence-corrected chi connectivity index (χ2v) is 7.27. The Bertz CT molecular complexity index is 831. The summed E-state index contributed by atoms with van der Waals surface area (Å²) in [7, 11) is 3.94. The Morgan fingerprint density at radius 1 is 1.00 bits per heavy atom. The highest BCUT2D eigenvalue weighted by molar-refractivity contribution is 6.01. The van der Waals surface area contributed by atoms with E-state index in [4.69, 9.17) is 0 Å². The van der Waals surface area contributed by atoms with E-state index in [1.807, 2.05) is 49.3 Å². The summed E-state index contributed by atoms with van der Waals surface area (Å²) in [5, 5.41) is 3.09. The molecule has 0 radical (unpaired) electrons. The summed E-state index contributed by atoms with van der Waals surface area (Å²) in [6.07, 6.45) is 0.568. The summed E-state index contributed by atoms with van der Waals surface area (Å²) in [6, 6.07) is 16.8. The molecule has 1 saturated heterocycles. The Morgan fingerprint density at radius 2 is 1.61 bits per heavy atom. The van der Waals surface area contributed by atoms with E-state index in [0.29, 0.717) is 12.1 Å². The van der Waals surface area contributed by atoms with Crippen LogP contribution in [0.15, 0.2) is 54.6 Å². The molecule has 2 aromatic rings. The van der Waals surface area contributed by atoms with Crippen molar-refractivity contribution in [2.75, 3.05) is 20.6 Å². The minimum atomic E-state index is -0.157. The lowest BCUT2D eigenvalue weighted by Gasteiger charge is -2.23. The summed E-state index contributed by atoms with van der Waals surface area (Å²) in [5.41, 5.74) is 2.42. The molecule has 0 unspecified atom stereocenters. The van der Waals surface area contributed by atoms with Crippen LogP contribution in [0.3, 0.4) is 0 Å². The molecule has 28 heavy (non-hydrogen) atoms. The van der Waals surface area contributed by atoms with Gasteiger partial charge in [0.1, 0.15) is 0 Å². The van der Waals surface area contributed by atoms with E-state index in [1.165, 1.54) is 4.90 Å². The van der Waals surface area contributed by atoms with E-state index >= 15 is 0 Å². The number of nitrogens with one attached hydrogen (secondary N) is 1.